The van der Waals surface area contributed by atoms with Crippen molar-refractivity contribution in [1.29, 1.82) is 0 Å². The van der Waals surface area contributed by atoms with Gasteiger partial charge < -0.3 is 14.6 Å². The van der Waals surface area contributed by atoms with Crippen LogP contribution in [-0.2, 0) is 9.59 Å². The molecule has 1 saturated heterocycles. The number of nitrogens with zero attached hydrogens (tertiary/aromatic N) is 1. The molecule has 144 valence electrons. The number of aromatic carboxylic acids is 1. The van der Waals surface area contributed by atoms with Crippen molar-refractivity contribution in [3.8, 4) is 17.1 Å². The first kappa shape index (κ1) is 18.1. The summed E-state index contributed by atoms with van der Waals surface area (Å²) < 4.78 is 5.66. The van der Waals surface area contributed by atoms with Crippen LogP contribution in [0.15, 0.2) is 70.7 Å². The van der Waals surface area contributed by atoms with Crippen molar-refractivity contribution in [2.75, 3.05) is 5.01 Å². The van der Waals surface area contributed by atoms with Gasteiger partial charge in [-0.2, -0.15) is 0 Å². The van der Waals surface area contributed by atoms with E-state index in [0.717, 1.165) is 5.01 Å². The predicted molar refractivity (Wildman–Crippen MR) is 103 cm³/mol. The van der Waals surface area contributed by atoms with Crippen molar-refractivity contribution in [3.63, 3.8) is 0 Å². The predicted octanol–water partition coefficient (Wildman–Crippen LogP) is 2.81. The van der Waals surface area contributed by atoms with E-state index in [4.69, 9.17) is 9.52 Å². The molecule has 8 heteroatoms. The van der Waals surface area contributed by atoms with Crippen molar-refractivity contribution in [1.82, 2.24) is 5.43 Å². The topological polar surface area (TPSA) is 120 Å². The molecule has 2 amide bonds. The number of rotatable bonds is 4. The number of carbonyl (C=O) groups is 3. The van der Waals surface area contributed by atoms with E-state index in [1.165, 1.54) is 30.3 Å². The second-order valence-corrected chi connectivity index (χ2v) is 6.25. The third-order valence-corrected chi connectivity index (χ3v) is 4.29. The number of carboxylic acids is 1. The molecule has 0 saturated carbocycles. The van der Waals surface area contributed by atoms with Gasteiger partial charge in [0, 0.05) is 11.6 Å². The molecule has 2 aromatic carbocycles. The molecule has 29 heavy (non-hydrogen) atoms. The normalized spacial score (nSPS) is 15.0. The summed E-state index contributed by atoms with van der Waals surface area (Å²) in [5.41, 5.74) is 3.29. The van der Waals surface area contributed by atoms with E-state index in [1.807, 2.05) is 0 Å². The third-order valence-electron chi connectivity index (χ3n) is 4.29. The minimum absolute atomic E-state index is 0.0405. The lowest BCUT2D eigenvalue weighted by molar-refractivity contribution is -0.117. The molecule has 0 radical (unpaired) electrons. The van der Waals surface area contributed by atoms with Crippen LogP contribution in [-0.4, -0.2) is 28.0 Å². The Morgan fingerprint density at radius 3 is 2.59 bits per heavy atom. The Hall–Kier alpha value is -4.33. The number of hydrazine groups is 1. The summed E-state index contributed by atoms with van der Waals surface area (Å²) in [4.78, 5) is 36.0. The second-order valence-electron chi connectivity index (χ2n) is 6.25. The maximum atomic E-state index is 12.6. The molecule has 0 aliphatic carbocycles. The number of phenols is 1. The molecule has 1 fully saturated rings. The maximum Gasteiger partial charge on any atom is 0.335 e. The average Bonchev–Trinajstić information content (AvgIpc) is 3.28. The number of phenolic OH excluding ortho intramolecular Hbond substituents is 1. The fraction of sp³-hybridized carbons (Fsp3) is 0. The molecule has 8 nitrogen and oxygen atoms in total. The molecule has 4 rings (SSSR count). The lowest BCUT2D eigenvalue weighted by atomic mass is 10.1. The Bertz CT molecular complexity index is 1180. The number of nitrogens with one attached hydrogen (secondary N) is 1. The van der Waals surface area contributed by atoms with Gasteiger partial charge >= 0.3 is 5.97 Å². The van der Waals surface area contributed by atoms with Crippen LogP contribution in [0, 0.1) is 0 Å². The maximum absolute atomic E-state index is 12.6. The quantitative estimate of drug-likeness (QED) is 0.465. The first-order valence-electron chi connectivity index (χ1n) is 8.52. The SMILES string of the molecule is O=C1NN(c2cccc(O)c2)C(=O)C1=Cc1ccc(-c2cccc(C(=O)O)c2)o1. The summed E-state index contributed by atoms with van der Waals surface area (Å²) in [7, 11) is 0. The number of anilines is 1. The first-order valence-corrected chi connectivity index (χ1v) is 8.52. The van der Waals surface area contributed by atoms with Gasteiger partial charge in [0.2, 0.25) is 0 Å². The number of carboxylic acid groups (broad SMARTS) is 1. The van der Waals surface area contributed by atoms with Crippen LogP contribution in [0.2, 0.25) is 0 Å². The third kappa shape index (κ3) is 3.46. The van der Waals surface area contributed by atoms with Gasteiger partial charge in [-0.3, -0.25) is 15.0 Å². The number of furan rings is 1. The number of hydrogen-bond acceptors (Lipinski definition) is 5. The Balaban J connectivity index is 1.62. The molecule has 0 bridgehead atoms. The van der Waals surface area contributed by atoms with Gasteiger partial charge in [0.15, 0.2) is 0 Å². The van der Waals surface area contributed by atoms with Crippen LogP contribution in [0.4, 0.5) is 5.69 Å². The summed E-state index contributed by atoms with van der Waals surface area (Å²) in [6, 6.07) is 15.3. The van der Waals surface area contributed by atoms with E-state index in [0.29, 0.717) is 17.0 Å². The van der Waals surface area contributed by atoms with Crippen molar-refractivity contribution in [2.24, 2.45) is 0 Å². The van der Waals surface area contributed by atoms with Crippen molar-refractivity contribution < 1.29 is 29.0 Å². The summed E-state index contributed by atoms with van der Waals surface area (Å²) in [6.45, 7) is 0. The summed E-state index contributed by atoms with van der Waals surface area (Å²) in [5.74, 6) is -1.63. The van der Waals surface area contributed by atoms with Gasteiger partial charge in [0.1, 0.15) is 22.8 Å². The number of carbonyl (C=O) groups excluding carboxylic acids is 2. The lowest BCUT2D eigenvalue weighted by Gasteiger charge is -2.14. The zero-order chi connectivity index (χ0) is 20.5. The summed E-state index contributed by atoms with van der Waals surface area (Å²) >= 11 is 0. The van der Waals surface area contributed by atoms with Gasteiger partial charge in [-0.1, -0.05) is 18.2 Å². The van der Waals surface area contributed by atoms with Crippen molar-refractivity contribution in [2.45, 2.75) is 0 Å². The van der Waals surface area contributed by atoms with E-state index >= 15 is 0 Å². The molecule has 3 N–H and O–H groups in total. The van der Waals surface area contributed by atoms with Gasteiger partial charge in [-0.15, -0.1) is 0 Å². The molecular weight excluding hydrogens is 376 g/mol. The Kier molecular flexibility index (Phi) is 4.36. The Morgan fingerprint density at radius 2 is 1.83 bits per heavy atom. The van der Waals surface area contributed by atoms with Gasteiger partial charge in [-0.25, -0.2) is 9.80 Å². The lowest BCUT2D eigenvalue weighted by Crippen LogP contribution is -2.35. The molecule has 3 aromatic rings. The Labute approximate surface area is 164 Å². The summed E-state index contributed by atoms with van der Waals surface area (Å²) in [6.07, 6.45) is 1.31. The molecule has 0 unspecified atom stereocenters. The number of aromatic hydroxyl groups is 1. The van der Waals surface area contributed by atoms with E-state index in [-0.39, 0.29) is 22.6 Å². The monoisotopic (exact) mass is 390 g/mol. The fourth-order valence-electron chi connectivity index (χ4n) is 2.90. The highest BCUT2D eigenvalue weighted by molar-refractivity contribution is 6.31. The number of hydrogen-bond donors (Lipinski definition) is 3. The zero-order valence-electron chi connectivity index (χ0n) is 14.8. The first-order chi connectivity index (χ1) is 13.9. The van der Waals surface area contributed by atoms with Crippen LogP contribution in [0.3, 0.4) is 0 Å². The summed E-state index contributed by atoms with van der Waals surface area (Å²) in [5, 5.41) is 19.7. The van der Waals surface area contributed by atoms with E-state index < -0.39 is 17.8 Å². The van der Waals surface area contributed by atoms with E-state index in [9.17, 15) is 19.5 Å². The molecule has 1 aromatic heterocycles. The minimum atomic E-state index is -1.05. The molecule has 0 spiro atoms. The van der Waals surface area contributed by atoms with Crippen molar-refractivity contribution >= 4 is 29.5 Å². The zero-order valence-corrected chi connectivity index (χ0v) is 14.8. The smallest absolute Gasteiger partial charge is 0.335 e. The standard InChI is InChI=1S/C21H14N2O6/c24-15-6-2-5-14(10-15)23-20(26)17(19(25)22-23)11-16-7-8-18(29-16)12-3-1-4-13(9-12)21(27)28/h1-11,24H,(H,22,25)(H,27,28). The molecular formula is C21H14N2O6. The molecule has 1 aliphatic heterocycles. The highest BCUT2D eigenvalue weighted by atomic mass is 16.4. The van der Waals surface area contributed by atoms with Crippen LogP contribution >= 0.6 is 0 Å². The van der Waals surface area contributed by atoms with E-state index in [1.54, 1.807) is 36.4 Å². The highest BCUT2D eigenvalue weighted by Crippen LogP contribution is 2.27. The van der Waals surface area contributed by atoms with Gasteiger partial charge in [0.05, 0.1) is 11.3 Å². The van der Waals surface area contributed by atoms with Crippen LogP contribution < -0.4 is 10.4 Å². The second kappa shape index (κ2) is 7.01. The number of amides is 2. The molecule has 2 heterocycles. The van der Waals surface area contributed by atoms with Crippen LogP contribution in [0.5, 0.6) is 5.75 Å². The fourth-order valence-corrected chi connectivity index (χ4v) is 2.90. The van der Waals surface area contributed by atoms with Crippen LogP contribution in [0.1, 0.15) is 16.1 Å². The van der Waals surface area contributed by atoms with Gasteiger partial charge in [-0.05, 0) is 42.5 Å². The van der Waals surface area contributed by atoms with Crippen LogP contribution in [0.25, 0.3) is 17.4 Å². The average molecular weight is 390 g/mol. The van der Waals surface area contributed by atoms with Crippen molar-refractivity contribution in [3.05, 3.63) is 77.6 Å². The number of benzene rings is 2. The Morgan fingerprint density at radius 1 is 1.03 bits per heavy atom. The minimum Gasteiger partial charge on any atom is -0.508 e. The molecule has 0 atom stereocenters. The van der Waals surface area contributed by atoms with Gasteiger partial charge in [0.25, 0.3) is 11.8 Å². The van der Waals surface area contributed by atoms with E-state index in [2.05, 4.69) is 5.43 Å². The molecule has 1 aliphatic rings. The largest absolute Gasteiger partial charge is 0.508 e. The highest BCUT2D eigenvalue weighted by Gasteiger charge is 2.34.